The lowest BCUT2D eigenvalue weighted by Gasteiger charge is -2.12. The van der Waals surface area contributed by atoms with Gasteiger partial charge >= 0.3 is 5.97 Å². The molecule has 0 aliphatic heterocycles. The Kier molecular flexibility index (Phi) is 5.48. The lowest BCUT2D eigenvalue weighted by molar-refractivity contribution is 0.0692. The highest BCUT2D eigenvalue weighted by Gasteiger charge is 2.14. The van der Waals surface area contributed by atoms with Crippen LogP contribution in [0.25, 0.3) is 0 Å². The summed E-state index contributed by atoms with van der Waals surface area (Å²) in [4.78, 5) is 11.1. The number of rotatable bonds is 6. The second-order valence-corrected chi connectivity index (χ2v) is 4.88. The molecule has 0 unspecified atom stereocenters. The van der Waals surface area contributed by atoms with Crippen molar-refractivity contribution in [3.63, 3.8) is 0 Å². The maximum Gasteiger partial charge on any atom is 0.339 e. The molecule has 0 spiro atoms. The predicted octanol–water partition coefficient (Wildman–Crippen LogP) is 4.02. The maximum absolute atomic E-state index is 11.1. The lowest BCUT2D eigenvalue weighted by Crippen LogP contribution is -2.06. The highest BCUT2D eigenvalue weighted by atomic mass is 79.9. The van der Waals surface area contributed by atoms with E-state index < -0.39 is 5.97 Å². The van der Waals surface area contributed by atoms with Gasteiger partial charge in [-0.2, -0.15) is 0 Å². The number of hydrogen-bond acceptors (Lipinski definition) is 2. The minimum Gasteiger partial charge on any atom is -0.492 e. The van der Waals surface area contributed by atoms with Crippen LogP contribution in [0.2, 0.25) is 0 Å². The van der Waals surface area contributed by atoms with Crippen LogP contribution in [-0.4, -0.2) is 17.7 Å². The first kappa shape index (κ1) is 14.0. The van der Waals surface area contributed by atoms with Crippen LogP contribution in [0.1, 0.15) is 42.1 Å². The number of benzene rings is 1. The number of hydrogen-bond donors (Lipinski definition) is 1. The second-order valence-electron chi connectivity index (χ2n) is 3.96. The standard InChI is InChI=1S/C13H17BrO3/c1-3-4-5-6-17-12-9(2)7-10(14)8-11(12)13(15)16/h7-8H,3-6H2,1-2H3,(H,15,16). The van der Waals surface area contributed by atoms with Crippen molar-refractivity contribution in [2.45, 2.75) is 33.1 Å². The first-order valence-electron chi connectivity index (χ1n) is 5.72. The zero-order valence-electron chi connectivity index (χ0n) is 10.1. The zero-order chi connectivity index (χ0) is 12.8. The fourth-order valence-electron chi connectivity index (χ4n) is 1.61. The Hall–Kier alpha value is -1.03. The fraction of sp³-hybridized carbons (Fsp3) is 0.462. The summed E-state index contributed by atoms with van der Waals surface area (Å²) in [6, 6.07) is 3.44. The molecule has 17 heavy (non-hydrogen) atoms. The molecule has 1 aromatic rings. The molecular weight excluding hydrogens is 284 g/mol. The van der Waals surface area contributed by atoms with Gasteiger partial charge in [0.1, 0.15) is 11.3 Å². The molecule has 0 aliphatic rings. The van der Waals surface area contributed by atoms with Gasteiger partial charge in [-0.3, -0.25) is 0 Å². The first-order valence-corrected chi connectivity index (χ1v) is 6.51. The van der Waals surface area contributed by atoms with Crippen LogP contribution in [0.5, 0.6) is 5.75 Å². The predicted molar refractivity (Wildman–Crippen MR) is 70.9 cm³/mol. The van der Waals surface area contributed by atoms with Gasteiger partial charge in [-0.25, -0.2) is 4.79 Å². The number of halogens is 1. The van der Waals surface area contributed by atoms with Crippen molar-refractivity contribution < 1.29 is 14.6 Å². The quantitative estimate of drug-likeness (QED) is 0.807. The van der Waals surface area contributed by atoms with Gasteiger partial charge in [0.2, 0.25) is 0 Å². The topological polar surface area (TPSA) is 46.5 Å². The number of carbonyl (C=O) groups is 1. The van der Waals surface area contributed by atoms with Crippen molar-refractivity contribution in [1.29, 1.82) is 0 Å². The monoisotopic (exact) mass is 300 g/mol. The van der Waals surface area contributed by atoms with E-state index in [-0.39, 0.29) is 5.56 Å². The smallest absolute Gasteiger partial charge is 0.339 e. The third-order valence-electron chi connectivity index (χ3n) is 2.46. The molecule has 0 bridgehead atoms. The average molecular weight is 301 g/mol. The van der Waals surface area contributed by atoms with Crippen molar-refractivity contribution in [3.8, 4) is 5.75 Å². The third-order valence-corrected chi connectivity index (χ3v) is 2.92. The van der Waals surface area contributed by atoms with Crippen LogP contribution >= 0.6 is 15.9 Å². The summed E-state index contributed by atoms with van der Waals surface area (Å²) in [5, 5.41) is 9.12. The Balaban J connectivity index is 2.85. The molecule has 0 amide bonds. The highest BCUT2D eigenvalue weighted by molar-refractivity contribution is 9.10. The molecule has 0 heterocycles. The molecule has 0 atom stereocenters. The van der Waals surface area contributed by atoms with E-state index >= 15 is 0 Å². The number of aromatic carboxylic acids is 1. The second kappa shape index (κ2) is 6.64. The molecule has 1 N–H and O–H groups in total. The number of carboxylic acid groups (broad SMARTS) is 1. The molecule has 1 rings (SSSR count). The van der Waals surface area contributed by atoms with Gasteiger partial charge in [0, 0.05) is 4.47 Å². The van der Waals surface area contributed by atoms with E-state index in [1.54, 1.807) is 6.07 Å². The van der Waals surface area contributed by atoms with E-state index in [4.69, 9.17) is 9.84 Å². The molecule has 3 nitrogen and oxygen atoms in total. The van der Waals surface area contributed by atoms with Crippen LogP contribution in [0.4, 0.5) is 0 Å². The first-order chi connectivity index (χ1) is 8.06. The minimum atomic E-state index is -0.958. The largest absolute Gasteiger partial charge is 0.492 e. The van der Waals surface area contributed by atoms with Crippen molar-refractivity contribution in [2.24, 2.45) is 0 Å². The SMILES string of the molecule is CCCCCOc1c(C)cc(Br)cc1C(=O)O. The van der Waals surface area contributed by atoms with Crippen molar-refractivity contribution >= 4 is 21.9 Å². The molecule has 0 fully saturated rings. The molecule has 0 aliphatic carbocycles. The summed E-state index contributed by atoms with van der Waals surface area (Å²) in [6.07, 6.45) is 3.16. The number of unbranched alkanes of at least 4 members (excludes halogenated alkanes) is 2. The Morgan fingerprint density at radius 3 is 2.71 bits per heavy atom. The third kappa shape index (κ3) is 4.04. The molecule has 4 heteroatoms. The molecule has 0 saturated carbocycles. The summed E-state index contributed by atoms with van der Waals surface area (Å²) in [5.74, 6) is -0.475. The van der Waals surface area contributed by atoms with E-state index in [1.807, 2.05) is 13.0 Å². The Morgan fingerprint density at radius 2 is 2.12 bits per heavy atom. The zero-order valence-corrected chi connectivity index (χ0v) is 11.7. The number of carboxylic acids is 1. The Morgan fingerprint density at radius 1 is 1.41 bits per heavy atom. The molecule has 1 aromatic carbocycles. The number of aryl methyl sites for hydroxylation is 1. The van der Waals surface area contributed by atoms with E-state index in [2.05, 4.69) is 22.9 Å². The molecule has 0 radical (unpaired) electrons. The van der Waals surface area contributed by atoms with E-state index in [9.17, 15) is 4.79 Å². The van der Waals surface area contributed by atoms with E-state index in [1.165, 1.54) is 0 Å². The summed E-state index contributed by atoms with van der Waals surface area (Å²) in [7, 11) is 0. The van der Waals surface area contributed by atoms with Gasteiger partial charge in [0.15, 0.2) is 0 Å². The normalized spacial score (nSPS) is 10.3. The van der Waals surface area contributed by atoms with Gasteiger partial charge in [0.05, 0.1) is 6.61 Å². The maximum atomic E-state index is 11.1. The summed E-state index contributed by atoms with van der Waals surface area (Å²) in [5.41, 5.74) is 1.06. The van der Waals surface area contributed by atoms with Crippen LogP contribution in [0.15, 0.2) is 16.6 Å². The van der Waals surface area contributed by atoms with Crippen LogP contribution in [0, 0.1) is 6.92 Å². The minimum absolute atomic E-state index is 0.216. The Bertz CT molecular complexity index is 402. The summed E-state index contributed by atoms with van der Waals surface area (Å²) < 4.78 is 6.34. The fourth-order valence-corrected chi connectivity index (χ4v) is 2.18. The van der Waals surface area contributed by atoms with Gasteiger partial charge in [0.25, 0.3) is 0 Å². The average Bonchev–Trinajstić information content (AvgIpc) is 2.25. The van der Waals surface area contributed by atoms with Crippen molar-refractivity contribution in [3.05, 3.63) is 27.7 Å². The van der Waals surface area contributed by atoms with Crippen LogP contribution in [0.3, 0.4) is 0 Å². The molecular formula is C13H17BrO3. The molecule has 0 aromatic heterocycles. The van der Waals surface area contributed by atoms with Crippen LogP contribution < -0.4 is 4.74 Å². The number of ether oxygens (including phenoxy) is 1. The van der Waals surface area contributed by atoms with Gasteiger partial charge < -0.3 is 9.84 Å². The van der Waals surface area contributed by atoms with Gasteiger partial charge in [-0.1, -0.05) is 35.7 Å². The summed E-state index contributed by atoms with van der Waals surface area (Å²) >= 11 is 3.29. The van der Waals surface area contributed by atoms with Gasteiger partial charge in [-0.15, -0.1) is 0 Å². The van der Waals surface area contributed by atoms with Gasteiger partial charge in [-0.05, 0) is 31.0 Å². The highest BCUT2D eigenvalue weighted by Crippen LogP contribution is 2.28. The van der Waals surface area contributed by atoms with E-state index in [0.717, 1.165) is 29.3 Å². The Labute approximate surface area is 110 Å². The van der Waals surface area contributed by atoms with Crippen molar-refractivity contribution in [1.82, 2.24) is 0 Å². The lowest BCUT2D eigenvalue weighted by atomic mass is 10.1. The molecule has 0 saturated heterocycles. The summed E-state index contributed by atoms with van der Waals surface area (Å²) in [6.45, 7) is 4.54. The van der Waals surface area contributed by atoms with Crippen molar-refractivity contribution in [2.75, 3.05) is 6.61 Å². The van der Waals surface area contributed by atoms with Crippen LogP contribution in [-0.2, 0) is 0 Å². The van der Waals surface area contributed by atoms with E-state index in [0.29, 0.717) is 12.4 Å². The molecule has 94 valence electrons.